The summed E-state index contributed by atoms with van der Waals surface area (Å²) in [5.41, 5.74) is 0. The minimum Gasteiger partial charge on any atom is -0.394 e. The molecule has 0 aromatic carbocycles. The molecule has 1 aliphatic rings. The largest absolute Gasteiger partial charge is 0.394 e. The lowest BCUT2D eigenvalue weighted by molar-refractivity contribution is -0.303. The van der Waals surface area contributed by atoms with Crippen molar-refractivity contribution < 1.29 is 50.0 Å². The van der Waals surface area contributed by atoms with Crippen LogP contribution < -0.4 is 5.32 Å². The first kappa shape index (κ1) is 59.6. The summed E-state index contributed by atoms with van der Waals surface area (Å²) in [5, 5.41) is 75.7. The SMILES string of the molecule is CCCCCCCC/C=C/CCCC(O)C(O)C(COC1OC(CO)C(O)C(O)C1O)NC(=O)C(O)CCCCCCCCCCC/C=C\CCCCCCCCCCCCCC. The second-order valence-electron chi connectivity index (χ2n) is 18.6. The number of ether oxygens (including phenoxy) is 2. The van der Waals surface area contributed by atoms with E-state index in [1.807, 2.05) is 0 Å². The maximum atomic E-state index is 13.1. The minimum absolute atomic E-state index is 0.253. The molecule has 11 nitrogen and oxygen atoms in total. The van der Waals surface area contributed by atoms with Crippen molar-refractivity contribution in [1.29, 1.82) is 0 Å². The van der Waals surface area contributed by atoms with Crippen molar-refractivity contribution in [2.24, 2.45) is 0 Å². The summed E-state index contributed by atoms with van der Waals surface area (Å²) in [7, 11) is 0. The summed E-state index contributed by atoms with van der Waals surface area (Å²) in [5.74, 6) is -0.708. The second kappa shape index (κ2) is 42.0. The summed E-state index contributed by atoms with van der Waals surface area (Å²) < 4.78 is 11.1. The fourth-order valence-electron chi connectivity index (χ4n) is 8.38. The Labute approximate surface area is 384 Å². The van der Waals surface area contributed by atoms with Crippen LogP contribution >= 0.6 is 0 Å². The van der Waals surface area contributed by atoms with Gasteiger partial charge in [-0.25, -0.2) is 0 Å². The van der Waals surface area contributed by atoms with Crippen molar-refractivity contribution in [3.05, 3.63) is 24.3 Å². The van der Waals surface area contributed by atoms with Gasteiger partial charge in [0, 0.05) is 0 Å². The Morgan fingerprint density at radius 1 is 0.540 bits per heavy atom. The van der Waals surface area contributed by atoms with Crippen molar-refractivity contribution in [2.45, 2.75) is 287 Å². The number of rotatable bonds is 44. The van der Waals surface area contributed by atoms with Crippen LogP contribution in [0.3, 0.4) is 0 Å². The number of hydrogen-bond acceptors (Lipinski definition) is 10. The lowest BCUT2D eigenvalue weighted by atomic mass is 9.98. The number of nitrogens with one attached hydrogen (secondary N) is 1. The number of aliphatic hydroxyl groups is 7. The Balaban J connectivity index is 2.31. The number of aliphatic hydroxyl groups excluding tert-OH is 7. The van der Waals surface area contributed by atoms with Crippen LogP contribution in [0, 0.1) is 0 Å². The third kappa shape index (κ3) is 31.2. The lowest BCUT2D eigenvalue weighted by Gasteiger charge is -2.40. The van der Waals surface area contributed by atoms with Gasteiger partial charge in [-0.1, -0.05) is 192 Å². The van der Waals surface area contributed by atoms with Crippen LogP contribution in [0.25, 0.3) is 0 Å². The molecule has 0 radical (unpaired) electrons. The second-order valence-corrected chi connectivity index (χ2v) is 18.6. The first-order valence-corrected chi connectivity index (χ1v) is 26.2. The first-order chi connectivity index (χ1) is 30.7. The van der Waals surface area contributed by atoms with Gasteiger partial charge >= 0.3 is 0 Å². The molecule has 0 aromatic rings. The molecule has 0 spiro atoms. The Hall–Kier alpha value is -1.41. The van der Waals surface area contributed by atoms with Gasteiger partial charge in [0.2, 0.25) is 5.91 Å². The topological polar surface area (TPSA) is 189 Å². The number of carbonyl (C=O) groups excluding carboxylic acids is 1. The van der Waals surface area contributed by atoms with Gasteiger partial charge in [0.25, 0.3) is 0 Å². The number of amides is 1. The van der Waals surface area contributed by atoms with Gasteiger partial charge in [0.05, 0.1) is 25.4 Å². The number of allylic oxidation sites excluding steroid dienone is 4. The summed E-state index contributed by atoms with van der Waals surface area (Å²) in [6, 6.07) is -1.18. The van der Waals surface area contributed by atoms with Crippen LogP contribution in [0.1, 0.15) is 232 Å². The van der Waals surface area contributed by atoms with Crippen molar-refractivity contribution in [3.8, 4) is 0 Å². The fourth-order valence-corrected chi connectivity index (χ4v) is 8.38. The average Bonchev–Trinajstić information content (AvgIpc) is 3.28. The molecule has 0 aliphatic carbocycles. The smallest absolute Gasteiger partial charge is 0.249 e. The van der Waals surface area contributed by atoms with Gasteiger partial charge in [-0.3, -0.25) is 4.79 Å². The third-order valence-corrected chi connectivity index (χ3v) is 12.7. The Morgan fingerprint density at radius 3 is 1.37 bits per heavy atom. The Bertz CT molecular complexity index is 1080. The van der Waals surface area contributed by atoms with E-state index in [0.29, 0.717) is 12.8 Å². The molecule has 63 heavy (non-hydrogen) atoms. The molecule has 0 saturated carbocycles. The molecule has 11 heteroatoms. The summed E-state index contributed by atoms with van der Waals surface area (Å²) in [4.78, 5) is 13.1. The van der Waals surface area contributed by atoms with E-state index in [4.69, 9.17) is 9.47 Å². The zero-order chi connectivity index (χ0) is 46.2. The van der Waals surface area contributed by atoms with Crippen molar-refractivity contribution in [1.82, 2.24) is 5.32 Å². The molecule has 372 valence electrons. The van der Waals surface area contributed by atoms with Gasteiger partial charge in [0.1, 0.15) is 36.6 Å². The highest BCUT2D eigenvalue weighted by Crippen LogP contribution is 2.23. The maximum absolute atomic E-state index is 13.1. The predicted octanol–water partition coefficient (Wildman–Crippen LogP) is 9.79. The van der Waals surface area contributed by atoms with E-state index in [1.54, 1.807) is 0 Å². The average molecular weight is 898 g/mol. The highest BCUT2D eigenvalue weighted by Gasteiger charge is 2.44. The molecule has 1 aliphatic heterocycles. The molecule has 0 aromatic heterocycles. The van der Waals surface area contributed by atoms with Gasteiger partial charge in [0.15, 0.2) is 6.29 Å². The van der Waals surface area contributed by atoms with Gasteiger partial charge < -0.3 is 50.5 Å². The van der Waals surface area contributed by atoms with Crippen molar-refractivity contribution in [3.63, 3.8) is 0 Å². The van der Waals surface area contributed by atoms with Crippen LogP contribution in [-0.4, -0.2) is 110 Å². The molecular formula is C52H99NO10. The quantitative estimate of drug-likeness (QED) is 0.0216. The van der Waals surface area contributed by atoms with Crippen LogP contribution in [0.4, 0.5) is 0 Å². The number of hydrogen-bond donors (Lipinski definition) is 8. The normalized spacial score (nSPS) is 21.3. The van der Waals surface area contributed by atoms with Crippen LogP contribution in [0.2, 0.25) is 0 Å². The molecule has 1 saturated heterocycles. The molecule has 1 fully saturated rings. The molecule has 8 N–H and O–H groups in total. The van der Waals surface area contributed by atoms with Gasteiger partial charge in [-0.05, 0) is 64.2 Å². The molecule has 1 heterocycles. The van der Waals surface area contributed by atoms with E-state index in [-0.39, 0.29) is 12.8 Å². The number of unbranched alkanes of at least 4 members (excludes halogenated alkanes) is 28. The van der Waals surface area contributed by atoms with Crippen molar-refractivity contribution >= 4 is 5.91 Å². The molecule has 9 atom stereocenters. The summed E-state index contributed by atoms with van der Waals surface area (Å²) >= 11 is 0. The van der Waals surface area contributed by atoms with E-state index in [1.165, 1.54) is 154 Å². The van der Waals surface area contributed by atoms with Gasteiger partial charge in [-0.15, -0.1) is 0 Å². The third-order valence-electron chi connectivity index (χ3n) is 12.7. The van der Waals surface area contributed by atoms with E-state index >= 15 is 0 Å². The highest BCUT2D eigenvalue weighted by molar-refractivity contribution is 5.80. The molecular weight excluding hydrogens is 799 g/mol. The minimum atomic E-state index is -1.67. The molecule has 1 rings (SSSR count). The summed E-state index contributed by atoms with van der Waals surface area (Å²) in [6.45, 7) is 3.42. The fraction of sp³-hybridized carbons (Fsp3) is 0.904. The van der Waals surface area contributed by atoms with Gasteiger partial charge in [-0.2, -0.15) is 0 Å². The standard InChI is InChI=1S/C52H99NO10/c1-3-5-7-9-11-13-15-16-17-18-19-20-21-22-23-24-25-26-27-28-30-32-34-36-38-40-45(56)51(61)53-43(42-62-52-50(60)49(59)48(58)46(41-54)63-52)47(57)44(55)39-37-35-33-31-29-14-12-10-8-6-4-2/h22-23,31,33,43-50,52,54-60H,3-21,24-30,32,34-42H2,1-2H3,(H,53,61)/b23-22-,33-31+. The zero-order valence-electron chi connectivity index (χ0n) is 40.3. The lowest BCUT2D eigenvalue weighted by Crippen LogP contribution is -2.60. The van der Waals surface area contributed by atoms with E-state index in [2.05, 4.69) is 43.5 Å². The van der Waals surface area contributed by atoms with E-state index in [9.17, 15) is 40.5 Å². The maximum Gasteiger partial charge on any atom is 0.249 e. The van der Waals surface area contributed by atoms with Crippen molar-refractivity contribution in [2.75, 3.05) is 13.2 Å². The monoisotopic (exact) mass is 898 g/mol. The van der Waals surface area contributed by atoms with E-state index in [0.717, 1.165) is 38.5 Å². The van der Waals surface area contributed by atoms with Crippen LogP contribution in [0.15, 0.2) is 24.3 Å². The zero-order valence-corrected chi connectivity index (χ0v) is 40.3. The molecule has 0 bridgehead atoms. The number of carbonyl (C=O) groups is 1. The molecule has 1 amide bonds. The van der Waals surface area contributed by atoms with Crippen LogP contribution in [0.5, 0.6) is 0 Å². The first-order valence-electron chi connectivity index (χ1n) is 26.2. The Morgan fingerprint density at radius 2 is 0.937 bits per heavy atom. The van der Waals surface area contributed by atoms with E-state index < -0.39 is 74.2 Å². The molecule has 9 unspecified atom stereocenters. The predicted molar refractivity (Wildman–Crippen MR) is 256 cm³/mol. The summed E-state index contributed by atoms with van der Waals surface area (Å²) in [6.07, 6.45) is 36.8. The highest BCUT2D eigenvalue weighted by atomic mass is 16.7. The Kier molecular flexibility index (Phi) is 39.7. The van der Waals surface area contributed by atoms with Crippen LogP contribution in [-0.2, 0) is 14.3 Å².